The number of carbonyl (C=O) groups excluding carboxylic acids is 1. The zero-order valence-corrected chi connectivity index (χ0v) is 12.5. The average molecular weight is 311 g/mol. The molecule has 0 fully saturated rings. The Morgan fingerprint density at radius 1 is 1.23 bits per heavy atom. The summed E-state index contributed by atoms with van der Waals surface area (Å²) < 4.78 is 10.4. The molecule has 110 valence electrons. The number of hydrogen-bond acceptors (Lipinski definition) is 5. The second kappa shape index (κ2) is 6.87. The van der Waals surface area contributed by atoms with Crippen LogP contribution in [0.25, 0.3) is 17.4 Å². The number of benzene rings is 1. The summed E-state index contributed by atoms with van der Waals surface area (Å²) in [4.78, 5) is 12.6. The van der Waals surface area contributed by atoms with Crippen molar-refractivity contribution in [2.24, 2.45) is 0 Å². The average Bonchev–Trinajstić information content (AvgIpc) is 3.23. The van der Waals surface area contributed by atoms with Gasteiger partial charge in [-0.3, -0.25) is 0 Å². The molecule has 0 atom stereocenters. The highest BCUT2D eigenvalue weighted by molar-refractivity contribution is 7.10. The molecular weight excluding hydrogens is 298 g/mol. The third-order valence-electron chi connectivity index (χ3n) is 2.91. The molecule has 0 aliphatic carbocycles. The lowest BCUT2D eigenvalue weighted by Crippen LogP contribution is -2.00. The van der Waals surface area contributed by atoms with Crippen LogP contribution >= 0.6 is 11.3 Å². The van der Waals surface area contributed by atoms with E-state index >= 15 is 0 Å². The van der Waals surface area contributed by atoms with Crippen molar-refractivity contribution in [2.75, 3.05) is 0 Å². The normalized spacial score (nSPS) is 10.9. The van der Waals surface area contributed by atoms with Gasteiger partial charge in [0.05, 0.1) is 0 Å². The molecule has 3 rings (SSSR count). The van der Waals surface area contributed by atoms with Gasteiger partial charge in [0.15, 0.2) is 5.76 Å². The maximum absolute atomic E-state index is 11.6. The Hall–Kier alpha value is -2.66. The molecule has 0 amide bonds. The van der Waals surface area contributed by atoms with Gasteiger partial charge >= 0.3 is 5.97 Å². The minimum absolute atomic E-state index is 0.0872. The number of hydrogen-bond donors (Lipinski definition) is 0. The van der Waals surface area contributed by atoms with Gasteiger partial charge < -0.3 is 9.26 Å². The van der Waals surface area contributed by atoms with E-state index in [-0.39, 0.29) is 6.61 Å². The van der Waals surface area contributed by atoms with Crippen LogP contribution < -0.4 is 0 Å². The maximum atomic E-state index is 11.6. The third-order valence-corrected chi connectivity index (χ3v) is 3.74. The number of rotatable bonds is 5. The lowest BCUT2D eigenvalue weighted by atomic mass is 10.2. The first-order valence-electron chi connectivity index (χ1n) is 6.70. The predicted octanol–water partition coefficient (Wildman–Crippen LogP) is 4.16. The monoisotopic (exact) mass is 311 g/mol. The van der Waals surface area contributed by atoms with E-state index in [1.807, 2.05) is 47.8 Å². The van der Waals surface area contributed by atoms with Crippen LogP contribution in [0.3, 0.4) is 0 Å². The summed E-state index contributed by atoms with van der Waals surface area (Å²) in [7, 11) is 0. The van der Waals surface area contributed by atoms with Gasteiger partial charge in [-0.2, -0.15) is 0 Å². The van der Waals surface area contributed by atoms with Crippen molar-refractivity contribution in [1.29, 1.82) is 0 Å². The molecule has 0 N–H and O–H groups in total. The number of carbonyl (C=O) groups is 1. The predicted molar refractivity (Wildman–Crippen MR) is 85.1 cm³/mol. The Balaban J connectivity index is 1.56. The molecule has 4 nitrogen and oxygen atoms in total. The van der Waals surface area contributed by atoms with E-state index in [2.05, 4.69) is 5.16 Å². The van der Waals surface area contributed by atoms with E-state index in [1.165, 1.54) is 6.08 Å². The maximum Gasteiger partial charge on any atom is 0.331 e. The van der Waals surface area contributed by atoms with Crippen molar-refractivity contribution in [3.8, 4) is 11.3 Å². The Morgan fingerprint density at radius 2 is 2.09 bits per heavy atom. The summed E-state index contributed by atoms with van der Waals surface area (Å²) in [6.45, 7) is 0.0872. The van der Waals surface area contributed by atoms with Gasteiger partial charge in [0.25, 0.3) is 0 Å². The lowest BCUT2D eigenvalue weighted by Gasteiger charge is -1.96. The van der Waals surface area contributed by atoms with Crippen LogP contribution in [-0.2, 0) is 16.1 Å². The minimum atomic E-state index is -0.405. The molecule has 2 aromatic heterocycles. The molecule has 0 unspecified atom stereocenters. The van der Waals surface area contributed by atoms with Crippen LogP contribution in [0.1, 0.15) is 10.6 Å². The first-order chi connectivity index (χ1) is 10.8. The van der Waals surface area contributed by atoms with Gasteiger partial charge in [0, 0.05) is 22.6 Å². The van der Waals surface area contributed by atoms with Gasteiger partial charge in [-0.1, -0.05) is 41.6 Å². The number of esters is 1. The van der Waals surface area contributed by atoms with Crippen molar-refractivity contribution in [1.82, 2.24) is 5.16 Å². The minimum Gasteiger partial charge on any atom is -0.456 e. The second-order valence-electron chi connectivity index (χ2n) is 4.50. The molecule has 0 aliphatic heterocycles. The van der Waals surface area contributed by atoms with Crippen molar-refractivity contribution in [3.05, 3.63) is 70.6 Å². The summed E-state index contributed by atoms with van der Waals surface area (Å²) in [5, 5.41) is 5.85. The first-order valence-corrected chi connectivity index (χ1v) is 7.58. The number of thiophene rings is 1. The van der Waals surface area contributed by atoms with E-state index in [9.17, 15) is 4.79 Å². The van der Waals surface area contributed by atoms with Gasteiger partial charge in [0.2, 0.25) is 0 Å². The zero-order chi connectivity index (χ0) is 15.2. The summed E-state index contributed by atoms with van der Waals surface area (Å²) in [5.41, 5.74) is 1.52. The highest BCUT2D eigenvalue weighted by atomic mass is 32.1. The molecule has 22 heavy (non-hydrogen) atoms. The molecule has 0 saturated heterocycles. The van der Waals surface area contributed by atoms with Crippen molar-refractivity contribution in [3.63, 3.8) is 0 Å². The lowest BCUT2D eigenvalue weighted by molar-refractivity contribution is -0.139. The molecule has 0 aliphatic rings. The molecule has 0 radical (unpaired) electrons. The fourth-order valence-electron chi connectivity index (χ4n) is 1.85. The van der Waals surface area contributed by atoms with E-state index in [0.29, 0.717) is 11.5 Å². The van der Waals surface area contributed by atoms with E-state index in [4.69, 9.17) is 9.26 Å². The Labute approximate surface area is 131 Å². The number of nitrogens with zero attached hydrogens (tertiary/aromatic N) is 1. The summed E-state index contributed by atoms with van der Waals surface area (Å²) in [6.07, 6.45) is 3.13. The van der Waals surface area contributed by atoms with Crippen LogP contribution in [0.4, 0.5) is 0 Å². The topological polar surface area (TPSA) is 52.3 Å². The molecule has 5 heteroatoms. The smallest absolute Gasteiger partial charge is 0.331 e. The molecular formula is C17H13NO3S. The Morgan fingerprint density at radius 3 is 2.86 bits per heavy atom. The Kier molecular flexibility index (Phi) is 4.46. The second-order valence-corrected chi connectivity index (χ2v) is 5.48. The van der Waals surface area contributed by atoms with Gasteiger partial charge in [-0.15, -0.1) is 11.3 Å². The number of ether oxygens (including phenoxy) is 1. The Bertz CT molecular complexity index is 760. The SMILES string of the molecule is O=C(/C=C/c1cccs1)OCc1cc(-c2ccccc2)on1. The number of aromatic nitrogens is 1. The van der Waals surface area contributed by atoms with Gasteiger partial charge in [-0.25, -0.2) is 4.79 Å². The fraction of sp³-hybridized carbons (Fsp3) is 0.0588. The van der Waals surface area contributed by atoms with Crippen LogP contribution in [-0.4, -0.2) is 11.1 Å². The molecule has 0 saturated carbocycles. The largest absolute Gasteiger partial charge is 0.456 e. The third kappa shape index (κ3) is 3.71. The highest BCUT2D eigenvalue weighted by Crippen LogP contribution is 2.20. The van der Waals surface area contributed by atoms with Crippen molar-refractivity contribution < 1.29 is 14.1 Å². The quantitative estimate of drug-likeness (QED) is 0.524. The summed E-state index contributed by atoms with van der Waals surface area (Å²) >= 11 is 1.56. The van der Waals surface area contributed by atoms with E-state index in [1.54, 1.807) is 23.5 Å². The van der Waals surface area contributed by atoms with Crippen LogP contribution in [0, 0.1) is 0 Å². The van der Waals surface area contributed by atoms with E-state index < -0.39 is 5.97 Å². The van der Waals surface area contributed by atoms with Gasteiger partial charge in [0.1, 0.15) is 12.3 Å². The molecule has 3 aromatic rings. The zero-order valence-electron chi connectivity index (χ0n) is 11.6. The van der Waals surface area contributed by atoms with Crippen molar-refractivity contribution in [2.45, 2.75) is 6.61 Å². The summed E-state index contributed by atoms with van der Waals surface area (Å²) in [6, 6.07) is 15.3. The molecule has 0 spiro atoms. The summed E-state index contributed by atoms with van der Waals surface area (Å²) in [5.74, 6) is 0.249. The fourth-order valence-corrected chi connectivity index (χ4v) is 2.47. The van der Waals surface area contributed by atoms with Crippen LogP contribution in [0.5, 0.6) is 0 Å². The van der Waals surface area contributed by atoms with Gasteiger partial charge in [-0.05, 0) is 17.5 Å². The first kappa shape index (κ1) is 14.3. The van der Waals surface area contributed by atoms with E-state index in [0.717, 1.165) is 10.4 Å². The molecule has 2 heterocycles. The van der Waals surface area contributed by atoms with Crippen molar-refractivity contribution >= 4 is 23.4 Å². The standard InChI is InChI=1S/C17H13NO3S/c19-17(9-8-15-7-4-10-22-15)20-12-14-11-16(21-18-14)13-5-2-1-3-6-13/h1-11H,12H2/b9-8+. The van der Waals surface area contributed by atoms with Crippen LogP contribution in [0.15, 0.2) is 64.5 Å². The highest BCUT2D eigenvalue weighted by Gasteiger charge is 2.07. The molecule has 0 bridgehead atoms. The van der Waals surface area contributed by atoms with Crippen LogP contribution in [0.2, 0.25) is 0 Å². The molecule has 1 aromatic carbocycles.